The third-order valence-corrected chi connectivity index (χ3v) is 3.17. The number of carbonyl (C=O) groups is 1. The summed E-state index contributed by atoms with van der Waals surface area (Å²) in [7, 11) is 0. The number of rotatable bonds is 7. The van der Waals surface area contributed by atoms with E-state index in [-0.39, 0.29) is 11.9 Å². The summed E-state index contributed by atoms with van der Waals surface area (Å²) in [4.78, 5) is 11.5. The molecule has 0 aliphatic heterocycles. The quantitative estimate of drug-likeness (QED) is 0.373. The van der Waals surface area contributed by atoms with E-state index in [9.17, 15) is 4.79 Å². The van der Waals surface area contributed by atoms with Crippen molar-refractivity contribution in [2.45, 2.75) is 58.8 Å². The van der Waals surface area contributed by atoms with Gasteiger partial charge in [0.1, 0.15) is 0 Å². The van der Waals surface area contributed by atoms with Crippen LogP contribution in [0, 0.1) is 5.92 Å². The van der Waals surface area contributed by atoms with E-state index in [1.54, 1.807) is 0 Å². The summed E-state index contributed by atoms with van der Waals surface area (Å²) in [5.74, 6) is 0.100. The third kappa shape index (κ3) is 4.38. The predicted molar refractivity (Wildman–Crippen MR) is 66.2 cm³/mol. The lowest BCUT2D eigenvalue weighted by Gasteiger charge is -2.09. The zero-order chi connectivity index (χ0) is 11.8. The number of esters is 1. The topological polar surface area (TPSA) is 26.3 Å². The fraction of sp³-hybridized carbons (Fsp3) is 0.786. The largest absolute Gasteiger partial charge is 0.466 e. The summed E-state index contributed by atoms with van der Waals surface area (Å²) < 4.78 is 5.04. The maximum atomic E-state index is 11.5. The highest BCUT2D eigenvalue weighted by molar-refractivity contribution is 5.73. The fourth-order valence-corrected chi connectivity index (χ4v) is 2.21. The summed E-state index contributed by atoms with van der Waals surface area (Å²) >= 11 is 0. The normalized spacial score (nSPS) is 19.6. The van der Waals surface area contributed by atoms with E-state index in [0.717, 1.165) is 12.8 Å². The van der Waals surface area contributed by atoms with E-state index in [2.05, 4.69) is 13.0 Å². The van der Waals surface area contributed by atoms with E-state index in [4.69, 9.17) is 4.74 Å². The van der Waals surface area contributed by atoms with Crippen LogP contribution in [-0.2, 0) is 9.53 Å². The van der Waals surface area contributed by atoms with Gasteiger partial charge in [0.05, 0.1) is 12.5 Å². The van der Waals surface area contributed by atoms with Gasteiger partial charge in [-0.1, -0.05) is 37.8 Å². The molecule has 1 aliphatic rings. The minimum absolute atomic E-state index is 0.0118. The SMILES string of the molecule is CCCCCCC1=CCC(C(=O)OCC)C1. The molecule has 2 heteroatoms. The highest BCUT2D eigenvalue weighted by Crippen LogP contribution is 2.29. The van der Waals surface area contributed by atoms with Crippen LogP contribution in [0.2, 0.25) is 0 Å². The van der Waals surface area contributed by atoms with Gasteiger partial charge in [-0.15, -0.1) is 0 Å². The Morgan fingerprint density at radius 3 is 2.88 bits per heavy atom. The van der Waals surface area contributed by atoms with Crippen LogP contribution in [0.3, 0.4) is 0 Å². The predicted octanol–water partition coefficient (Wildman–Crippen LogP) is 3.86. The Labute approximate surface area is 99.1 Å². The Balaban J connectivity index is 2.16. The van der Waals surface area contributed by atoms with Crippen molar-refractivity contribution in [3.8, 4) is 0 Å². The van der Waals surface area contributed by atoms with Crippen molar-refractivity contribution in [3.05, 3.63) is 11.6 Å². The van der Waals surface area contributed by atoms with Gasteiger partial charge in [-0.25, -0.2) is 0 Å². The van der Waals surface area contributed by atoms with Gasteiger partial charge in [-0.05, 0) is 32.6 Å². The molecule has 92 valence electrons. The summed E-state index contributed by atoms with van der Waals surface area (Å²) in [6, 6.07) is 0. The second-order valence-electron chi connectivity index (χ2n) is 4.56. The second-order valence-corrected chi connectivity index (χ2v) is 4.56. The van der Waals surface area contributed by atoms with Gasteiger partial charge >= 0.3 is 5.97 Å². The monoisotopic (exact) mass is 224 g/mol. The molecule has 2 nitrogen and oxygen atoms in total. The molecule has 0 radical (unpaired) electrons. The molecule has 1 aliphatic carbocycles. The number of allylic oxidation sites excluding steroid dienone is 2. The van der Waals surface area contributed by atoms with Gasteiger partial charge in [0.25, 0.3) is 0 Å². The molecule has 0 aromatic heterocycles. The minimum atomic E-state index is -0.0118. The van der Waals surface area contributed by atoms with Crippen LogP contribution in [-0.4, -0.2) is 12.6 Å². The second kappa shape index (κ2) is 7.48. The Bertz CT molecular complexity index is 243. The molecule has 0 bridgehead atoms. The first-order chi connectivity index (χ1) is 7.77. The van der Waals surface area contributed by atoms with Crippen LogP contribution in [0.1, 0.15) is 58.8 Å². The van der Waals surface area contributed by atoms with Crippen LogP contribution in [0.5, 0.6) is 0 Å². The summed E-state index contributed by atoms with van der Waals surface area (Å²) in [6.07, 6.45) is 10.4. The van der Waals surface area contributed by atoms with E-state index in [1.807, 2.05) is 6.92 Å². The van der Waals surface area contributed by atoms with Crippen LogP contribution in [0.15, 0.2) is 11.6 Å². The Kier molecular flexibility index (Phi) is 6.20. The highest BCUT2D eigenvalue weighted by Gasteiger charge is 2.24. The smallest absolute Gasteiger partial charge is 0.309 e. The third-order valence-electron chi connectivity index (χ3n) is 3.17. The molecule has 16 heavy (non-hydrogen) atoms. The first-order valence-corrected chi connectivity index (χ1v) is 6.62. The van der Waals surface area contributed by atoms with Crippen molar-refractivity contribution >= 4 is 5.97 Å². The lowest BCUT2D eigenvalue weighted by Crippen LogP contribution is -2.15. The number of hydrogen-bond acceptors (Lipinski definition) is 2. The molecule has 0 N–H and O–H groups in total. The maximum absolute atomic E-state index is 11.5. The minimum Gasteiger partial charge on any atom is -0.466 e. The zero-order valence-corrected chi connectivity index (χ0v) is 10.6. The van der Waals surface area contributed by atoms with Crippen LogP contribution in [0.25, 0.3) is 0 Å². The van der Waals surface area contributed by atoms with E-state index >= 15 is 0 Å². The van der Waals surface area contributed by atoms with Crippen molar-refractivity contribution in [3.63, 3.8) is 0 Å². The number of carbonyl (C=O) groups excluding carboxylic acids is 1. The van der Waals surface area contributed by atoms with Crippen LogP contribution in [0.4, 0.5) is 0 Å². The van der Waals surface area contributed by atoms with Gasteiger partial charge < -0.3 is 4.74 Å². The summed E-state index contributed by atoms with van der Waals surface area (Å²) in [5.41, 5.74) is 1.47. The highest BCUT2D eigenvalue weighted by atomic mass is 16.5. The Morgan fingerprint density at radius 2 is 2.19 bits per heavy atom. The molecule has 0 aromatic carbocycles. The average Bonchev–Trinajstić information content (AvgIpc) is 2.73. The van der Waals surface area contributed by atoms with E-state index < -0.39 is 0 Å². The van der Waals surface area contributed by atoms with Crippen molar-refractivity contribution in [1.82, 2.24) is 0 Å². The molecule has 0 saturated heterocycles. The van der Waals surface area contributed by atoms with Crippen molar-refractivity contribution < 1.29 is 9.53 Å². The Morgan fingerprint density at radius 1 is 1.38 bits per heavy atom. The number of unbranched alkanes of at least 4 members (excludes halogenated alkanes) is 3. The molecule has 0 fully saturated rings. The summed E-state index contributed by atoms with van der Waals surface area (Å²) in [6.45, 7) is 4.60. The van der Waals surface area contributed by atoms with Crippen molar-refractivity contribution in [1.29, 1.82) is 0 Å². The molecule has 0 saturated carbocycles. The molecule has 1 unspecified atom stereocenters. The van der Waals surface area contributed by atoms with Gasteiger partial charge in [0.2, 0.25) is 0 Å². The molecule has 0 aromatic rings. The van der Waals surface area contributed by atoms with Gasteiger partial charge in [0, 0.05) is 0 Å². The van der Waals surface area contributed by atoms with Crippen molar-refractivity contribution in [2.75, 3.05) is 6.61 Å². The molecular formula is C14H24O2. The Hall–Kier alpha value is -0.790. The van der Waals surface area contributed by atoms with E-state index in [1.165, 1.54) is 37.7 Å². The zero-order valence-electron chi connectivity index (χ0n) is 10.6. The first kappa shape index (κ1) is 13.3. The maximum Gasteiger partial charge on any atom is 0.309 e. The van der Waals surface area contributed by atoms with Crippen molar-refractivity contribution in [2.24, 2.45) is 5.92 Å². The van der Waals surface area contributed by atoms with Crippen LogP contribution >= 0.6 is 0 Å². The molecule has 1 rings (SSSR count). The standard InChI is InChI=1S/C14H24O2/c1-3-5-6-7-8-12-9-10-13(11-12)14(15)16-4-2/h9,13H,3-8,10-11H2,1-2H3. The lowest BCUT2D eigenvalue weighted by molar-refractivity contribution is -0.147. The molecular weight excluding hydrogens is 200 g/mol. The molecule has 1 atom stereocenters. The molecule has 0 heterocycles. The first-order valence-electron chi connectivity index (χ1n) is 6.62. The molecule has 0 amide bonds. The summed E-state index contributed by atoms with van der Waals surface area (Å²) in [5, 5.41) is 0. The van der Waals surface area contributed by atoms with Crippen LogP contribution < -0.4 is 0 Å². The lowest BCUT2D eigenvalue weighted by atomic mass is 10.0. The van der Waals surface area contributed by atoms with E-state index in [0.29, 0.717) is 6.61 Å². The number of ether oxygens (including phenoxy) is 1. The van der Waals surface area contributed by atoms with Gasteiger partial charge in [-0.3, -0.25) is 4.79 Å². The van der Waals surface area contributed by atoms with Gasteiger partial charge in [-0.2, -0.15) is 0 Å². The fourth-order valence-electron chi connectivity index (χ4n) is 2.21. The van der Waals surface area contributed by atoms with Gasteiger partial charge in [0.15, 0.2) is 0 Å². The molecule has 0 spiro atoms. The number of hydrogen-bond donors (Lipinski definition) is 0. The average molecular weight is 224 g/mol.